The van der Waals surface area contributed by atoms with E-state index in [1.165, 1.54) is 0 Å². The molecule has 0 fully saturated rings. The number of nitrogens with one attached hydrogen (secondary N) is 1. The van der Waals surface area contributed by atoms with Gasteiger partial charge in [-0.15, -0.1) is 0 Å². The lowest BCUT2D eigenvalue weighted by Gasteiger charge is -2.05. The Labute approximate surface area is 98.7 Å². The maximum absolute atomic E-state index is 13.2. The fourth-order valence-corrected chi connectivity index (χ4v) is 1.93. The molecule has 0 heterocycles. The van der Waals surface area contributed by atoms with E-state index in [-0.39, 0.29) is 5.82 Å². The van der Waals surface area contributed by atoms with Crippen LogP contribution in [-0.4, -0.2) is 22.8 Å². The highest BCUT2D eigenvalue weighted by Crippen LogP contribution is 2.08. The summed E-state index contributed by atoms with van der Waals surface area (Å²) in [5.41, 5.74) is 1.62. The molecule has 0 radical (unpaired) electrons. The quantitative estimate of drug-likeness (QED) is 0.774. The molecule has 0 bridgehead atoms. The molecule has 0 aliphatic rings. The van der Waals surface area contributed by atoms with Gasteiger partial charge in [-0.2, -0.15) is 0 Å². The molecule has 0 aromatic heterocycles. The van der Waals surface area contributed by atoms with Crippen molar-refractivity contribution in [1.29, 1.82) is 0 Å². The van der Waals surface area contributed by atoms with Crippen molar-refractivity contribution in [3.63, 3.8) is 0 Å². The van der Waals surface area contributed by atoms with E-state index >= 15 is 0 Å². The van der Waals surface area contributed by atoms with Gasteiger partial charge in [0.25, 0.3) is 0 Å². The molecule has 1 aromatic carbocycles. The van der Waals surface area contributed by atoms with Crippen molar-refractivity contribution in [3.8, 4) is 0 Å². The van der Waals surface area contributed by atoms with Gasteiger partial charge in [-0.1, -0.05) is 12.1 Å². The molecule has 0 saturated carbocycles. The molecule has 1 aromatic rings. The summed E-state index contributed by atoms with van der Waals surface area (Å²) < 4.78 is 24.0. The molecule has 90 valence electrons. The first-order valence-corrected chi connectivity index (χ1v) is 7.08. The third-order valence-corrected chi connectivity index (χ3v) is 3.21. The predicted octanol–water partition coefficient (Wildman–Crippen LogP) is 1.99. The van der Waals surface area contributed by atoms with E-state index in [4.69, 9.17) is 0 Å². The maximum Gasteiger partial charge on any atom is 0.126 e. The fourth-order valence-electron chi connectivity index (χ4n) is 1.38. The average molecular weight is 243 g/mol. The predicted molar refractivity (Wildman–Crippen MR) is 66.4 cm³/mol. The molecule has 1 atom stereocenters. The normalized spacial score (nSPS) is 12.7. The first-order chi connectivity index (χ1) is 7.59. The molecule has 4 heteroatoms. The lowest BCUT2D eigenvalue weighted by Crippen LogP contribution is -2.16. The number of aryl methyl sites for hydroxylation is 1. The second-order valence-electron chi connectivity index (χ2n) is 3.89. The molecule has 0 saturated heterocycles. The minimum Gasteiger partial charge on any atom is -0.313 e. The summed E-state index contributed by atoms with van der Waals surface area (Å²) >= 11 is 0. The second-order valence-corrected chi connectivity index (χ2v) is 5.45. The zero-order valence-electron chi connectivity index (χ0n) is 9.75. The number of hydrogen-bond acceptors (Lipinski definition) is 2. The Balaban J connectivity index is 2.27. The van der Waals surface area contributed by atoms with Crippen LogP contribution in [0.3, 0.4) is 0 Å². The van der Waals surface area contributed by atoms with E-state index in [1.807, 2.05) is 6.07 Å². The van der Waals surface area contributed by atoms with Crippen LogP contribution in [0.5, 0.6) is 0 Å². The van der Waals surface area contributed by atoms with Crippen molar-refractivity contribution >= 4 is 10.8 Å². The molecule has 16 heavy (non-hydrogen) atoms. The second kappa shape index (κ2) is 6.76. The summed E-state index contributed by atoms with van der Waals surface area (Å²) in [6, 6.07) is 5.26. The van der Waals surface area contributed by atoms with Crippen molar-refractivity contribution in [1.82, 2.24) is 5.32 Å². The topological polar surface area (TPSA) is 29.1 Å². The summed E-state index contributed by atoms with van der Waals surface area (Å²) in [4.78, 5) is 0. The van der Waals surface area contributed by atoms with Gasteiger partial charge in [0.15, 0.2) is 0 Å². The lowest BCUT2D eigenvalue weighted by molar-refractivity contribution is 0.610. The molecule has 1 unspecified atom stereocenters. The van der Waals surface area contributed by atoms with Gasteiger partial charge < -0.3 is 5.32 Å². The standard InChI is InChI=1S/C12H18FNOS/c1-10-4-5-11(8-12(10)13)9-14-6-3-7-16(2)15/h4-5,8,14H,3,6-7,9H2,1-2H3. The molecule has 0 aliphatic heterocycles. The van der Waals surface area contributed by atoms with Gasteiger partial charge >= 0.3 is 0 Å². The van der Waals surface area contributed by atoms with Crippen molar-refractivity contribution < 1.29 is 8.60 Å². The van der Waals surface area contributed by atoms with Crippen LogP contribution in [0.15, 0.2) is 18.2 Å². The van der Waals surface area contributed by atoms with E-state index in [1.54, 1.807) is 25.3 Å². The van der Waals surface area contributed by atoms with Crippen molar-refractivity contribution in [2.75, 3.05) is 18.6 Å². The Hall–Kier alpha value is -0.740. The highest BCUT2D eigenvalue weighted by Gasteiger charge is 1.99. The van der Waals surface area contributed by atoms with Crippen LogP contribution in [0.25, 0.3) is 0 Å². The van der Waals surface area contributed by atoms with Gasteiger partial charge in [-0.05, 0) is 37.1 Å². The maximum atomic E-state index is 13.2. The van der Waals surface area contributed by atoms with Crippen LogP contribution in [0.1, 0.15) is 17.5 Å². The highest BCUT2D eigenvalue weighted by molar-refractivity contribution is 7.84. The van der Waals surface area contributed by atoms with E-state index < -0.39 is 10.8 Å². The zero-order chi connectivity index (χ0) is 12.0. The summed E-state index contributed by atoms with van der Waals surface area (Å²) in [6.07, 6.45) is 2.59. The van der Waals surface area contributed by atoms with Crippen molar-refractivity contribution in [2.45, 2.75) is 19.9 Å². The first-order valence-electron chi connectivity index (χ1n) is 5.35. The van der Waals surface area contributed by atoms with Crippen LogP contribution in [-0.2, 0) is 17.3 Å². The highest BCUT2D eigenvalue weighted by atomic mass is 32.2. The Morgan fingerprint density at radius 2 is 2.19 bits per heavy atom. The van der Waals surface area contributed by atoms with E-state index in [0.29, 0.717) is 12.1 Å². The molecule has 1 N–H and O–H groups in total. The van der Waals surface area contributed by atoms with Gasteiger partial charge in [-0.25, -0.2) is 4.39 Å². The summed E-state index contributed by atoms with van der Waals surface area (Å²) in [5.74, 6) is 0.559. The Kier molecular flexibility index (Phi) is 5.63. The molecule has 0 spiro atoms. The first kappa shape index (κ1) is 13.3. The minimum atomic E-state index is -0.720. The van der Waals surface area contributed by atoms with Crippen LogP contribution in [0.4, 0.5) is 4.39 Å². The SMILES string of the molecule is Cc1ccc(CNCCCS(C)=O)cc1F. The number of halogens is 1. The summed E-state index contributed by atoms with van der Waals surface area (Å²) in [5, 5.41) is 3.20. The van der Waals surface area contributed by atoms with Crippen LogP contribution in [0.2, 0.25) is 0 Å². The van der Waals surface area contributed by atoms with Gasteiger partial charge in [-0.3, -0.25) is 4.21 Å². The Morgan fingerprint density at radius 1 is 1.44 bits per heavy atom. The molecular formula is C12H18FNOS. The summed E-state index contributed by atoms with van der Waals surface area (Å²) in [7, 11) is -0.720. The number of benzene rings is 1. The van der Waals surface area contributed by atoms with Crippen molar-refractivity contribution in [3.05, 3.63) is 35.1 Å². The van der Waals surface area contributed by atoms with Crippen LogP contribution >= 0.6 is 0 Å². The van der Waals surface area contributed by atoms with E-state index in [9.17, 15) is 8.60 Å². The molecular weight excluding hydrogens is 225 g/mol. The zero-order valence-corrected chi connectivity index (χ0v) is 10.6. The number of rotatable bonds is 6. The lowest BCUT2D eigenvalue weighted by atomic mass is 10.1. The third kappa shape index (κ3) is 4.86. The Bertz CT molecular complexity index is 368. The average Bonchev–Trinajstić information content (AvgIpc) is 2.22. The molecule has 1 rings (SSSR count). The Morgan fingerprint density at radius 3 is 2.81 bits per heavy atom. The smallest absolute Gasteiger partial charge is 0.126 e. The van der Waals surface area contributed by atoms with Crippen LogP contribution < -0.4 is 5.32 Å². The molecule has 0 amide bonds. The van der Waals surface area contributed by atoms with E-state index in [2.05, 4.69) is 5.32 Å². The van der Waals surface area contributed by atoms with Crippen LogP contribution in [0, 0.1) is 12.7 Å². The molecule has 0 aliphatic carbocycles. The number of hydrogen-bond donors (Lipinski definition) is 1. The largest absolute Gasteiger partial charge is 0.313 e. The van der Waals surface area contributed by atoms with Gasteiger partial charge in [0.1, 0.15) is 5.82 Å². The van der Waals surface area contributed by atoms with Gasteiger partial charge in [0, 0.05) is 29.4 Å². The fraction of sp³-hybridized carbons (Fsp3) is 0.500. The van der Waals surface area contributed by atoms with Crippen molar-refractivity contribution in [2.24, 2.45) is 0 Å². The summed E-state index contributed by atoms with van der Waals surface area (Å²) in [6.45, 7) is 3.23. The molecule has 2 nitrogen and oxygen atoms in total. The monoisotopic (exact) mass is 243 g/mol. The van der Waals surface area contributed by atoms with E-state index in [0.717, 1.165) is 24.3 Å². The van der Waals surface area contributed by atoms with Gasteiger partial charge in [0.05, 0.1) is 0 Å². The minimum absolute atomic E-state index is 0.158. The third-order valence-electron chi connectivity index (χ3n) is 2.35. The van der Waals surface area contributed by atoms with Gasteiger partial charge in [0.2, 0.25) is 0 Å².